The van der Waals surface area contributed by atoms with Crippen molar-refractivity contribution in [2.45, 2.75) is 32.6 Å². The Bertz CT molecular complexity index is 309. The van der Waals surface area contributed by atoms with Gasteiger partial charge >= 0.3 is 5.97 Å². The van der Waals surface area contributed by atoms with Crippen molar-refractivity contribution in [2.75, 3.05) is 7.11 Å². The van der Waals surface area contributed by atoms with Crippen molar-refractivity contribution in [3.8, 4) is 0 Å². The van der Waals surface area contributed by atoms with Crippen LogP contribution in [0.5, 0.6) is 0 Å². The molecular formula is C11H16N2O2. The van der Waals surface area contributed by atoms with E-state index in [0.29, 0.717) is 0 Å². The van der Waals surface area contributed by atoms with E-state index in [2.05, 4.69) is 21.6 Å². The van der Waals surface area contributed by atoms with Crippen LogP contribution in [0, 0.1) is 0 Å². The van der Waals surface area contributed by atoms with Gasteiger partial charge < -0.3 is 4.74 Å². The second kappa shape index (κ2) is 6.11. The minimum absolute atomic E-state index is 0.261. The molecule has 0 atom stereocenters. The first-order valence-corrected chi connectivity index (χ1v) is 5.17. The number of hydrogen-bond acceptors (Lipinski definition) is 4. The molecule has 1 rings (SSSR count). The van der Waals surface area contributed by atoms with Gasteiger partial charge in [0.05, 0.1) is 19.0 Å². The molecule has 1 heterocycles. The fourth-order valence-corrected chi connectivity index (χ4v) is 1.25. The van der Waals surface area contributed by atoms with Gasteiger partial charge in [-0.2, -0.15) is 0 Å². The van der Waals surface area contributed by atoms with Gasteiger partial charge in [-0.3, -0.25) is 4.98 Å². The van der Waals surface area contributed by atoms with Gasteiger partial charge in [0.15, 0.2) is 5.69 Å². The van der Waals surface area contributed by atoms with Crippen molar-refractivity contribution in [1.82, 2.24) is 9.97 Å². The molecule has 1 aromatic rings. The summed E-state index contributed by atoms with van der Waals surface area (Å²) in [7, 11) is 1.33. The number of aryl methyl sites for hydroxylation is 1. The highest BCUT2D eigenvalue weighted by Gasteiger charge is 2.06. The normalized spacial score (nSPS) is 10.0. The lowest BCUT2D eigenvalue weighted by Crippen LogP contribution is -2.05. The predicted molar refractivity (Wildman–Crippen MR) is 56.6 cm³/mol. The standard InChI is InChI=1S/C11H16N2O2/c1-3-4-5-6-9-7-13-10(8-12-9)11(14)15-2/h7-8H,3-6H2,1-2H3. The zero-order valence-corrected chi connectivity index (χ0v) is 9.19. The number of nitrogens with zero attached hydrogens (tertiary/aromatic N) is 2. The van der Waals surface area contributed by atoms with Crippen LogP contribution in [0.15, 0.2) is 12.4 Å². The van der Waals surface area contributed by atoms with E-state index >= 15 is 0 Å². The summed E-state index contributed by atoms with van der Waals surface area (Å²) in [5.41, 5.74) is 1.19. The lowest BCUT2D eigenvalue weighted by Gasteiger charge is -2.00. The molecule has 4 heteroatoms. The average Bonchev–Trinajstić information content (AvgIpc) is 2.29. The minimum Gasteiger partial charge on any atom is -0.464 e. The SMILES string of the molecule is CCCCCc1cnc(C(=O)OC)cn1. The summed E-state index contributed by atoms with van der Waals surface area (Å²) < 4.78 is 4.53. The van der Waals surface area contributed by atoms with Gasteiger partial charge in [0.25, 0.3) is 0 Å². The number of rotatable bonds is 5. The van der Waals surface area contributed by atoms with Crippen molar-refractivity contribution in [3.05, 3.63) is 23.8 Å². The fourth-order valence-electron chi connectivity index (χ4n) is 1.25. The van der Waals surface area contributed by atoms with E-state index in [1.165, 1.54) is 26.1 Å². The lowest BCUT2D eigenvalue weighted by molar-refractivity contribution is 0.0593. The molecule has 4 nitrogen and oxygen atoms in total. The number of ether oxygens (including phenoxy) is 1. The third-order valence-corrected chi connectivity index (χ3v) is 2.14. The van der Waals surface area contributed by atoms with Gasteiger partial charge in [0.1, 0.15) is 0 Å². The van der Waals surface area contributed by atoms with Gasteiger partial charge in [-0.25, -0.2) is 9.78 Å². The van der Waals surface area contributed by atoms with Crippen LogP contribution in [0.3, 0.4) is 0 Å². The maximum atomic E-state index is 11.1. The van der Waals surface area contributed by atoms with Crippen LogP contribution < -0.4 is 0 Å². The third-order valence-electron chi connectivity index (χ3n) is 2.14. The van der Waals surface area contributed by atoms with Crippen LogP contribution in [0.25, 0.3) is 0 Å². The number of carbonyl (C=O) groups is 1. The first-order chi connectivity index (χ1) is 7.27. The van der Waals surface area contributed by atoms with Crippen LogP contribution in [0.2, 0.25) is 0 Å². The summed E-state index contributed by atoms with van der Waals surface area (Å²) in [4.78, 5) is 19.2. The highest BCUT2D eigenvalue weighted by molar-refractivity contribution is 5.86. The molecule has 0 unspecified atom stereocenters. The molecule has 0 spiro atoms. The summed E-state index contributed by atoms with van der Waals surface area (Å²) in [6.07, 6.45) is 7.52. The molecule has 0 N–H and O–H groups in total. The summed E-state index contributed by atoms with van der Waals surface area (Å²) >= 11 is 0. The first kappa shape index (κ1) is 11.6. The van der Waals surface area contributed by atoms with Crippen molar-refractivity contribution >= 4 is 5.97 Å². The number of esters is 1. The number of unbranched alkanes of at least 4 members (excludes halogenated alkanes) is 2. The maximum absolute atomic E-state index is 11.1. The van der Waals surface area contributed by atoms with E-state index in [-0.39, 0.29) is 5.69 Å². The fraction of sp³-hybridized carbons (Fsp3) is 0.545. The highest BCUT2D eigenvalue weighted by Crippen LogP contribution is 2.03. The highest BCUT2D eigenvalue weighted by atomic mass is 16.5. The molecule has 0 saturated heterocycles. The van der Waals surface area contributed by atoms with Crippen molar-refractivity contribution in [1.29, 1.82) is 0 Å². The lowest BCUT2D eigenvalue weighted by atomic mass is 10.2. The van der Waals surface area contributed by atoms with Gasteiger partial charge in [-0.1, -0.05) is 19.8 Å². The molecule has 0 radical (unpaired) electrons. The molecule has 0 amide bonds. The van der Waals surface area contributed by atoms with E-state index in [4.69, 9.17) is 0 Å². The largest absolute Gasteiger partial charge is 0.464 e. The number of methoxy groups -OCH3 is 1. The van der Waals surface area contributed by atoms with E-state index in [0.717, 1.165) is 18.5 Å². The Morgan fingerprint density at radius 2 is 2.13 bits per heavy atom. The summed E-state index contributed by atoms with van der Waals surface area (Å²) in [5.74, 6) is -0.442. The Balaban J connectivity index is 2.52. The van der Waals surface area contributed by atoms with Gasteiger partial charge in [-0.15, -0.1) is 0 Å². The molecule has 0 aliphatic carbocycles. The topological polar surface area (TPSA) is 52.1 Å². The monoisotopic (exact) mass is 208 g/mol. The van der Waals surface area contributed by atoms with E-state index in [1.54, 1.807) is 6.20 Å². The van der Waals surface area contributed by atoms with Crippen molar-refractivity contribution < 1.29 is 9.53 Å². The minimum atomic E-state index is -0.442. The quantitative estimate of drug-likeness (QED) is 0.548. The molecule has 0 bridgehead atoms. The second-order valence-corrected chi connectivity index (χ2v) is 3.34. The number of hydrogen-bond donors (Lipinski definition) is 0. The van der Waals surface area contributed by atoms with Gasteiger partial charge in [0, 0.05) is 6.20 Å². The molecule has 0 aliphatic heterocycles. The van der Waals surface area contributed by atoms with Gasteiger partial charge in [0.2, 0.25) is 0 Å². The molecule has 1 aromatic heterocycles. The van der Waals surface area contributed by atoms with Crippen LogP contribution in [0.4, 0.5) is 0 Å². The Kier molecular flexibility index (Phi) is 4.74. The Hall–Kier alpha value is -1.45. The van der Waals surface area contributed by atoms with E-state index in [9.17, 15) is 4.79 Å². The van der Waals surface area contributed by atoms with Crippen LogP contribution in [-0.4, -0.2) is 23.0 Å². The smallest absolute Gasteiger partial charge is 0.358 e. The molecule has 0 saturated carbocycles. The Morgan fingerprint density at radius 3 is 2.67 bits per heavy atom. The average molecular weight is 208 g/mol. The summed E-state index contributed by atoms with van der Waals surface area (Å²) in [5, 5.41) is 0. The van der Waals surface area contributed by atoms with Crippen molar-refractivity contribution in [3.63, 3.8) is 0 Å². The Labute approximate surface area is 89.7 Å². The van der Waals surface area contributed by atoms with E-state index < -0.39 is 5.97 Å². The first-order valence-electron chi connectivity index (χ1n) is 5.17. The second-order valence-electron chi connectivity index (χ2n) is 3.34. The van der Waals surface area contributed by atoms with E-state index in [1.807, 2.05) is 0 Å². The number of aromatic nitrogens is 2. The zero-order valence-electron chi connectivity index (χ0n) is 9.19. The number of carbonyl (C=O) groups excluding carboxylic acids is 1. The van der Waals surface area contributed by atoms with Crippen LogP contribution >= 0.6 is 0 Å². The predicted octanol–water partition coefficient (Wildman–Crippen LogP) is 2.00. The van der Waals surface area contributed by atoms with Crippen LogP contribution in [0.1, 0.15) is 42.4 Å². The molecule has 82 valence electrons. The van der Waals surface area contributed by atoms with Gasteiger partial charge in [-0.05, 0) is 12.8 Å². The molecular weight excluding hydrogens is 192 g/mol. The van der Waals surface area contributed by atoms with Crippen LogP contribution in [-0.2, 0) is 11.2 Å². The molecule has 0 aromatic carbocycles. The molecule has 0 fully saturated rings. The Morgan fingerprint density at radius 1 is 1.33 bits per heavy atom. The summed E-state index contributed by atoms with van der Waals surface area (Å²) in [6.45, 7) is 2.16. The summed E-state index contributed by atoms with van der Waals surface area (Å²) in [6, 6.07) is 0. The molecule has 15 heavy (non-hydrogen) atoms. The third kappa shape index (κ3) is 3.65. The maximum Gasteiger partial charge on any atom is 0.358 e. The molecule has 0 aliphatic rings. The van der Waals surface area contributed by atoms with Crippen molar-refractivity contribution in [2.24, 2.45) is 0 Å². The zero-order chi connectivity index (χ0) is 11.1.